The molecule has 0 saturated carbocycles. The number of hydrogen-bond acceptors (Lipinski definition) is 4. The third-order valence-electron chi connectivity index (χ3n) is 3.79. The van der Waals surface area contributed by atoms with Crippen molar-refractivity contribution in [3.05, 3.63) is 77.1 Å². The Morgan fingerprint density at radius 1 is 1.08 bits per heavy atom. The zero-order valence-corrected chi connectivity index (χ0v) is 15.2. The average Bonchev–Trinajstić information content (AvgIpc) is 2.66. The van der Waals surface area contributed by atoms with E-state index in [-0.39, 0.29) is 5.91 Å². The number of aryl methyl sites for hydroxylation is 1. The predicted octanol–water partition coefficient (Wildman–Crippen LogP) is 5.05. The van der Waals surface area contributed by atoms with Crippen LogP contribution in [-0.2, 0) is 0 Å². The highest BCUT2D eigenvalue weighted by Crippen LogP contribution is 2.31. The number of carbonyl (C=O) groups is 1. The van der Waals surface area contributed by atoms with Gasteiger partial charge in [-0.25, -0.2) is 4.98 Å². The molecule has 6 heteroatoms. The highest BCUT2D eigenvalue weighted by atomic mass is 35.5. The van der Waals surface area contributed by atoms with Crippen LogP contribution < -0.4 is 15.4 Å². The van der Waals surface area contributed by atoms with Crippen molar-refractivity contribution in [2.45, 2.75) is 6.92 Å². The second kappa shape index (κ2) is 7.89. The maximum absolute atomic E-state index is 12.5. The van der Waals surface area contributed by atoms with E-state index in [9.17, 15) is 4.79 Å². The minimum Gasteiger partial charge on any atom is -0.495 e. The minimum atomic E-state index is -0.323. The van der Waals surface area contributed by atoms with Crippen molar-refractivity contribution < 1.29 is 9.53 Å². The molecule has 2 N–H and O–H groups in total. The molecule has 1 heterocycles. The second-order valence-corrected chi connectivity index (χ2v) is 6.09. The summed E-state index contributed by atoms with van der Waals surface area (Å²) in [5.74, 6) is 0.174. The predicted molar refractivity (Wildman–Crippen MR) is 105 cm³/mol. The molecule has 0 aliphatic carbocycles. The zero-order chi connectivity index (χ0) is 18.5. The Morgan fingerprint density at radius 3 is 2.50 bits per heavy atom. The van der Waals surface area contributed by atoms with Crippen molar-refractivity contribution in [2.24, 2.45) is 0 Å². The van der Waals surface area contributed by atoms with Gasteiger partial charge in [-0.05, 0) is 42.8 Å². The number of pyridine rings is 1. The van der Waals surface area contributed by atoms with Gasteiger partial charge in [-0.3, -0.25) is 4.79 Å². The number of hydrogen-bond donors (Lipinski definition) is 2. The summed E-state index contributed by atoms with van der Waals surface area (Å²) in [6.07, 6.45) is 1.62. The van der Waals surface area contributed by atoms with Crippen molar-refractivity contribution in [1.29, 1.82) is 0 Å². The molecule has 0 atom stereocenters. The number of benzene rings is 2. The Bertz CT molecular complexity index is 912. The van der Waals surface area contributed by atoms with Crippen LogP contribution in [0.1, 0.15) is 16.1 Å². The smallest absolute Gasteiger partial charge is 0.274 e. The quantitative estimate of drug-likeness (QED) is 0.662. The number of methoxy groups -OCH3 is 1. The Kier molecular flexibility index (Phi) is 5.39. The first kappa shape index (κ1) is 17.8. The fraction of sp³-hybridized carbons (Fsp3) is 0.100. The van der Waals surface area contributed by atoms with E-state index in [0.29, 0.717) is 22.2 Å². The van der Waals surface area contributed by atoms with Crippen LogP contribution in [0.5, 0.6) is 5.75 Å². The van der Waals surface area contributed by atoms with Gasteiger partial charge < -0.3 is 15.4 Å². The van der Waals surface area contributed by atoms with E-state index in [1.165, 1.54) is 7.11 Å². The summed E-state index contributed by atoms with van der Waals surface area (Å²) >= 11 is 6.09. The SMILES string of the molecule is COc1cc(Cl)c(C)cc1NC(=O)c1ccc(Nc2ccccc2)cn1. The number of para-hydroxylation sites is 1. The second-order valence-electron chi connectivity index (χ2n) is 5.68. The summed E-state index contributed by atoms with van der Waals surface area (Å²) in [5, 5.41) is 6.61. The highest BCUT2D eigenvalue weighted by molar-refractivity contribution is 6.31. The van der Waals surface area contributed by atoms with Gasteiger partial charge in [0.05, 0.1) is 24.7 Å². The van der Waals surface area contributed by atoms with E-state index < -0.39 is 0 Å². The fourth-order valence-electron chi connectivity index (χ4n) is 2.41. The molecule has 0 saturated heterocycles. The molecule has 2 aromatic carbocycles. The van der Waals surface area contributed by atoms with E-state index >= 15 is 0 Å². The topological polar surface area (TPSA) is 63.2 Å². The summed E-state index contributed by atoms with van der Waals surface area (Å²) < 4.78 is 5.27. The van der Waals surface area contributed by atoms with Gasteiger partial charge in [0.2, 0.25) is 0 Å². The van der Waals surface area contributed by atoms with E-state index in [4.69, 9.17) is 16.3 Å². The molecule has 0 bridgehead atoms. The molecule has 3 rings (SSSR count). The largest absolute Gasteiger partial charge is 0.495 e. The number of ether oxygens (including phenoxy) is 1. The highest BCUT2D eigenvalue weighted by Gasteiger charge is 2.13. The minimum absolute atomic E-state index is 0.304. The van der Waals surface area contributed by atoms with E-state index in [0.717, 1.165) is 16.9 Å². The van der Waals surface area contributed by atoms with Crippen LogP contribution in [0.4, 0.5) is 17.1 Å². The van der Waals surface area contributed by atoms with E-state index in [2.05, 4.69) is 15.6 Å². The molecule has 0 spiro atoms. The zero-order valence-electron chi connectivity index (χ0n) is 14.4. The summed E-state index contributed by atoms with van der Waals surface area (Å²) in [4.78, 5) is 16.7. The number of aromatic nitrogens is 1. The lowest BCUT2D eigenvalue weighted by molar-refractivity contribution is 0.102. The first-order valence-electron chi connectivity index (χ1n) is 8.00. The lowest BCUT2D eigenvalue weighted by Gasteiger charge is -2.12. The van der Waals surface area contributed by atoms with Gasteiger partial charge in [0.15, 0.2) is 0 Å². The summed E-state index contributed by atoms with van der Waals surface area (Å²) in [6.45, 7) is 1.86. The molecule has 0 radical (unpaired) electrons. The number of nitrogens with one attached hydrogen (secondary N) is 2. The molecule has 1 aromatic heterocycles. The molecular weight excluding hydrogens is 350 g/mol. The molecular formula is C20H18ClN3O2. The van der Waals surface area contributed by atoms with Crippen LogP contribution in [0, 0.1) is 6.92 Å². The molecule has 1 amide bonds. The van der Waals surface area contributed by atoms with Crippen LogP contribution in [0.3, 0.4) is 0 Å². The molecule has 5 nitrogen and oxygen atoms in total. The molecule has 0 unspecified atom stereocenters. The lowest BCUT2D eigenvalue weighted by atomic mass is 10.2. The maximum atomic E-state index is 12.5. The normalized spacial score (nSPS) is 10.3. The molecule has 132 valence electrons. The Labute approximate surface area is 157 Å². The van der Waals surface area contributed by atoms with Crippen LogP contribution >= 0.6 is 11.6 Å². The number of anilines is 3. The van der Waals surface area contributed by atoms with Gasteiger partial charge >= 0.3 is 0 Å². The molecule has 0 aliphatic rings. The van der Waals surface area contributed by atoms with Crippen LogP contribution in [0.15, 0.2) is 60.8 Å². The van der Waals surface area contributed by atoms with E-state index in [1.54, 1.807) is 30.5 Å². The average molecular weight is 368 g/mol. The van der Waals surface area contributed by atoms with Gasteiger partial charge in [-0.15, -0.1) is 0 Å². The van der Waals surface area contributed by atoms with Gasteiger partial charge in [0, 0.05) is 16.8 Å². The molecule has 26 heavy (non-hydrogen) atoms. The number of carbonyl (C=O) groups excluding carboxylic acids is 1. The Balaban J connectivity index is 1.73. The maximum Gasteiger partial charge on any atom is 0.274 e. The fourth-order valence-corrected chi connectivity index (χ4v) is 2.56. The number of amides is 1. The van der Waals surface area contributed by atoms with Gasteiger partial charge in [-0.1, -0.05) is 29.8 Å². The van der Waals surface area contributed by atoms with Crippen molar-refractivity contribution in [3.8, 4) is 5.75 Å². The number of halogens is 1. The van der Waals surface area contributed by atoms with Crippen LogP contribution in [0.25, 0.3) is 0 Å². The Hall–Kier alpha value is -3.05. The third kappa shape index (κ3) is 4.13. The van der Waals surface area contributed by atoms with Crippen molar-refractivity contribution in [1.82, 2.24) is 4.98 Å². The van der Waals surface area contributed by atoms with Gasteiger partial charge in [0.1, 0.15) is 11.4 Å². The monoisotopic (exact) mass is 367 g/mol. The van der Waals surface area contributed by atoms with Gasteiger partial charge in [-0.2, -0.15) is 0 Å². The van der Waals surface area contributed by atoms with E-state index in [1.807, 2.05) is 37.3 Å². The van der Waals surface area contributed by atoms with Crippen molar-refractivity contribution in [2.75, 3.05) is 17.7 Å². The first-order valence-corrected chi connectivity index (χ1v) is 8.38. The Morgan fingerprint density at radius 2 is 1.85 bits per heavy atom. The van der Waals surface area contributed by atoms with Crippen LogP contribution in [-0.4, -0.2) is 18.0 Å². The summed E-state index contributed by atoms with van der Waals surface area (Å²) in [6, 6.07) is 16.7. The summed E-state index contributed by atoms with van der Waals surface area (Å²) in [5.41, 5.74) is 3.45. The lowest BCUT2D eigenvalue weighted by Crippen LogP contribution is -2.14. The number of rotatable bonds is 5. The standard InChI is InChI=1S/C20H18ClN3O2/c1-13-10-18(19(26-2)11-16(13)21)24-20(25)17-9-8-15(12-22-17)23-14-6-4-3-5-7-14/h3-12,23H,1-2H3,(H,24,25). The third-order valence-corrected chi connectivity index (χ3v) is 4.19. The number of nitrogens with zero attached hydrogens (tertiary/aromatic N) is 1. The first-order chi connectivity index (χ1) is 12.6. The summed E-state index contributed by atoms with van der Waals surface area (Å²) in [7, 11) is 1.53. The molecule has 3 aromatic rings. The van der Waals surface area contributed by atoms with Gasteiger partial charge in [0.25, 0.3) is 5.91 Å². The molecule has 0 fully saturated rings. The van der Waals surface area contributed by atoms with Crippen LogP contribution in [0.2, 0.25) is 5.02 Å². The molecule has 0 aliphatic heterocycles. The van der Waals surface area contributed by atoms with Crippen molar-refractivity contribution >= 4 is 34.6 Å². The van der Waals surface area contributed by atoms with Crippen molar-refractivity contribution in [3.63, 3.8) is 0 Å².